The Balaban J connectivity index is 2.30. The third kappa shape index (κ3) is 3.52. The zero-order valence-electron chi connectivity index (χ0n) is 13.0. The highest BCUT2D eigenvalue weighted by molar-refractivity contribution is 7.99. The summed E-state index contributed by atoms with van der Waals surface area (Å²) in [4.78, 5) is 2.12. The summed E-state index contributed by atoms with van der Waals surface area (Å²) in [5, 5.41) is 19.6. The number of thioether (sulfide) groups is 1. The number of nitrogens with zero attached hydrogens (tertiary/aromatic N) is 2. The highest BCUT2D eigenvalue weighted by atomic mass is 32.2. The zero-order valence-corrected chi connectivity index (χ0v) is 13.8. The Hall–Kier alpha value is -1.22. The Labute approximate surface area is 130 Å². The van der Waals surface area contributed by atoms with Gasteiger partial charge in [0.1, 0.15) is 17.5 Å². The number of fused-ring (bicyclic) bond motifs is 1. The van der Waals surface area contributed by atoms with E-state index in [1.54, 1.807) is 17.8 Å². The number of ether oxygens (including phenoxy) is 1. The molecule has 0 spiro atoms. The summed E-state index contributed by atoms with van der Waals surface area (Å²) in [5.74, 6) is 1.69. The number of rotatable bonds is 4. The summed E-state index contributed by atoms with van der Waals surface area (Å²) in [6.07, 6.45) is -0.605. The average Bonchev–Trinajstić information content (AvgIpc) is 2.42. The molecule has 1 N–H and O–H groups in total. The summed E-state index contributed by atoms with van der Waals surface area (Å²) >= 11 is 1.72. The highest BCUT2D eigenvalue weighted by Crippen LogP contribution is 2.46. The Morgan fingerprint density at radius 3 is 2.76 bits per heavy atom. The topological polar surface area (TPSA) is 56.5 Å². The second kappa shape index (κ2) is 6.27. The maximum Gasteiger partial charge on any atom is 0.131 e. The van der Waals surface area contributed by atoms with Gasteiger partial charge in [0.25, 0.3) is 0 Å². The third-order valence-electron chi connectivity index (χ3n) is 3.65. The van der Waals surface area contributed by atoms with Crippen molar-refractivity contribution in [3.63, 3.8) is 0 Å². The first kappa shape index (κ1) is 16.2. The molecule has 114 valence electrons. The predicted molar refractivity (Wildman–Crippen MR) is 85.6 cm³/mol. The average molecular weight is 306 g/mol. The van der Waals surface area contributed by atoms with Crippen LogP contribution in [0.5, 0.6) is 5.75 Å². The largest absolute Gasteiger partial charge is 0.485 e. The number of aliphatic hydroxyl groups is 1. The second-order valence-electron chi connectivity index (χ2n) is 6.11. The van der Waals surface area contributed by atoms with Gasteiger partial charge in [0, 0.05) is 17.9 Å². The van der Waals surface area contributed by atoms with Crippen LogP contribution < -0.4 is 4.74 Å². The van der Waals surface area contributed by atoms with Gasteiger partial charge in [-0.15, -0.1) is 11.8 Å². The van der Waals surface area contributed by atoms with Crippen LogP contribution in [0.4, 0.5) is 0 Å². The van der Waals surface area contributed by atoms with Gasteiger partial charge in [-0.3, -0.25) is 0 Å². The lowest BCUT2D eigenvalue weighted by molar-refractivity contribution is -0.0429. The van der Waals surface area contributed by atoms with Crippen LogP contribution in [0.25, 0.3) is 0 Å². The van der Waals surface area contributed by atoms with Crippen molar-refractivity contribution in [1.29, 1.82) is 5.26 Å². The van der Waals surface area contributed by atoms with Crippen LogP contribution in [-0.4, -0.2) is 48.1 Å². The molecule has 0 radical (unpaired) electrons. The van der Waals surface area contributed by atoms with Crippen molar-refractivity contribution in [2.24, 2.45) is 0 Å². The van der Waals surface area contributed by atoms with E-state index in [9.17, 15) is 5.11 Å². The van der Waals surface area contributed by atoms with E-state index in [-0.39, 0.29) is 5.25 Å². The normalized spacial score (nSPS) is 23.3. The predicted octanol–water partition coefficient (Wildman–Crippen LogP) is 2.43. The molecule has 0 fully saturated rings. The quantitative estimate of drug-likeness (QED) is 0.926. The zero-order chi connectivity index (χ0) is 15.6. The van der Waals surface area contributed by atoms with Gasteiger partial charge >= 0.3 is 0 Å². The first-order valence-corrected chi connectivity index (χ1v) is 8.07. The molecule has 1 aliphatic rings. The molecular formula is C16H22N2O2S. The van der Waals surface area contributed by atoms with E-state index in [0.717, 1.165) is 23.6 Å². The Kier molecular flexibility index (Phi) is 4.82. The van der Waals surface area contributed by atoms with Gasteiger partial charge in [-0.25, -0.2) is 0 Å². The number of hydrogen-bond acceptors (Lipinski definition) is 5. The van der Waals surface area contributed by atoms with Gasteiger partial charge in [-0.05, 0) is 46.1 Å². The number of nitriles is 1. The van der Waals surface area contributed by atoms with Crippen molar-refractivity contribution >= 4 is 11.8 Å². The molecule has 5 heteroatoms. The minimum atomic E-state index is -0.628. The molecule has 2 atom stereocenters. The van der Waals surface area contributed by atoms with Gasteiger partial charge in [0.2, 0.25) is 0 Å². The van der Waals surface area contributed by atoms with Crippen molar-refractivity contribution in [3.05, 3.63) is 29.3 Å². The fourth-order valence-corrected chi connectivity index (χ4v) is 3.95. The van der Waals surface area contributed by atoms with Crippen LogP contribution in [0.3, 0.4) is 0 Å². The van der Waals surface area contributed by atoms with Crippen molar-refractivity contribution < 1.29 is 9.84 Å². The van der Waals surface area contributed by atoms with Gasteiger partial charge in [0.05, 0.1) is 16.9 Å². The van der Waals surface area contributed by atoms with Crippen LogP contribution >= 0.6 is 11.8 Å². The van der Waals surface area contributed by atoms with Crippen LogP contribution in [0.2, 0.25) is 0 Å². The summed E-state index contributed by atoms with van der Waals surface area (Å²) in [5.41, 5.74) is 0.892. The van der Waals surface area contributed by atoms with Crippen LogP contribution in [0.1, 0.15) is 30.2 Å². The van der Waals surface area contributed by atoms with E-state index in [4.69, 9.17) is 10.00 Å². The summed E-state index contributed by atoms with van der Waals surface area (Å²) in [7, 11) is 4.07. The molecule has 2 rings (SSSR count). The molecule has 1 aromatic carbocycles. The van der Waals surface area contributed by atoms with Gasteiger partial charge in [-0.2, -0.15) is 5.26 Å². The molecule has 0 saturated carbocycles. The summed E-state index contributed by atoms with van der Waals surface area (Å²) in [6.45, 7) is 4.75. The molecule has 4 nitrogen and oxygen atoms in total. The van der Waals surface area contributed by atoms with Gasteiger partial charge < -0.3 is 14.7 Å². The molecule has 21 heavy (non-hydrogen) atoms. The minimum Gasteiger partial charge on any atom is -0.485 e. The van der Waals surface area contributed by atoms with E-state index in [1.165, 1.54) is 0 Å². The first-order chi connectivity index (χ1) is 9.85. The van der Waals surface area contributed by atoms with Gasteiger partial charge in [0.15, 0.2) is 0 Å². The standard InChI is InChI=1S/C16H22N2O2S/c1-16(2)15(19)14(21-8-7-18(3)4)12-9-11(10-17)5-6-13(12)20-16/h5-6,9,14-15,19H,7-8H2,1-4H3. The minimum absolute atomic E-state index is 0.0722. The molecule has 1 aliphatic heterocycles. The molecule has 0 aromatic heterocycles. The third-order valence-corrected chi connectivity index (χ3v) is 4.94. The maximum atomic E-state index is 10.6. The number of benzene rings is 1. The maximum absolute atomic E-state index is 10.6. The molecule has 0 aliphatic carbocycles. The fraction of sp³-hybridized carbons (Fsp3) is 0.562. The first-order valence-electron chi connectivity index (χ1n) is 7.02. The smallest absolute Gasteiger partial charge is 0.131 e. The van der Waals surface area contributed by atoms with E-state index in [1.807, 2.05) is 40.1 Å². The lowest BCUT2D eigenvalue weighted by Crippen LogP contribution is -2.48. The highest BCUT2D eigenvalue weighted by Gasteiger charge is 2.43. The van der Waals surface area contributed by atoms with Crippen molar-refractivity contribution in [1.82, 2.24) is 4.90 Å². The summed E-state index contributed by atoms with van der Waals surface area (Å²) in [6, 6.07) is 7.58. The second-order valence-corrected chi connectivity index (χ2v) is 7.36. The molecule has 0 bridgehead atoms. The summed E-state index contributed by atoms with van der Waals surface area (Å²) < 4.78 is 5.91. The van der Waals surface area contributed by atoms with Crippen molar-refractivity contribution in [2.75, 3.05) is 26.4 Å². The molecule has 1 heterocycles. The lowest BCUT2D eigenvalue weighted by atomic mass is 9.90. The Morgan fingerprint density at radius 2 is 2.14 bits per heavy atom. The monoisotopic (exact) mass is 306 g/mol. The van der Waals surface area contributed by atoms with Crippen LogP contribution in [-0.2, 0) is 0 Å². The van der Waals surface area contributed by atoms with Crippen LogP contribution in [0, 0.1) is 11.3 Å². The number of aliphatic hydroxyl groups excluding tert-OH is 1. The molecule has 0 saturated heterocycles. The van der Waals surface area contributed by atoms with Gasteiger partial charge in [-0.1, -0.05) is 0 Å². The SMILES string of the molecule is CN(C)CCSC1c2cc(C#N)ccc2OC(C)(C)C1O. The van der Waals surface area contributed by atoms with E-state index in [2.05, 4.69) is 11.0 Å². The van der Waals surface area contributed by atoms with Crippen molar-refractivity contribution in [2.45, 2.75) is 30.8 Å². The van der Waals surface area contributed by atoms with Crippen molar-refractivity contribution in [3.8, 4) is 11.8 Å². The molecule has 1 aromatic rings. The fourth-order valence-electron chi connectivity index (χ4n) is 2.35. The molecular weight excluding hydrogens is 284 g/mol. The Bertz CT molecular complexity index is 552. The number of hydrogen-bond donors (Lipinski definition) is 1. The van der Waals surface area contributed by atoms with E-state index >= 15 is 0 Å². The Morgan fingerprint density at radius 1 is 1.43 bits per heavy atom. The van der Waals surface area contributed by atoms with Crippen LogP contribution in [0.15, 0.2) is 18.2 Å². The lowest BCUT2D eigenvalue weighted by Gasteiger charge is -2.42. The molecule has 0 amide bonds. The van der Waals surface area contributed by atoms with E-state index < -0.39 is 11.7 Å². The molecule has 2 unspecified atom stereocenters. The van der Waals surface area contributed by atoms with E-state index in [0.29, 0.717) is 5.56 Å².